The minimum Gasteiger partial charge on any atom is -0.486 e. The second-order valence-electron chi connectivity index (χ2n) is 6.67. The van der Waals surface area contributed by atoms with Crippen LogP contribution in [0.2, 0.25) is 0 Å². The molecule has 0 fully saturated rings. The van der Waals surface area contributed by atoms with Crippen LogP contribution < -0.4 is 20.1 Å². The van der Waals surface area contributed by atoms with E-state index in [0.29, 0.717) is 40.8 Å². The zero-order valence-electron chi connectivity index (χ0n) is 15.8. The molecule has 0 saturated carbocycles. The number of thiophene rings is 1. The maximum atomic E-state index is 12.8. The molecule has 0 atom stereocenters. The number of nitrogens with one attached hydrogen (secondary N) is 2. The molecule has 2 heterocycles. The standard InChI is InChI=1S/C20H20N2O6S/c1-26-20(25)22-18(24)16-12-4-2-3-5-15(12)29-19(16)21-17(23)11-6-7-13-14(10-11)28-9-8-27-13/h6-7,10H,2-5,8-9H2,1H3,(H,21,23)(H,22,24,25). The van der Waals surface area contributed by atoms with Crippen molar-refractivity contribution in [2.75, 3.05) is 25.6 Å². The Labute approximate surface area is 171 Å². The van der Waals surface area contributed by atoms with Crippen molar-refractivity contribution in [1.29, 1.82) is 0 Å². The summed E-state index contributed by atoms with van der Waals surface area (Å²) in [6.07, 6.45) is 2.72. The number of amides is 3. The van der Waals surface area contributed by atoms with Gasteiger partial charge in [-0.1, -0.05) is 0 Å². The molecule has 0 unspecified atom stereocenters. The normalized spacial score (nSPS) is 14.5. The third kappa shape index (κ3) is 3.91. The number of benzene rings is 1. The van der Waals surface area contributed by atoms with Crippen LogP contribution in [0.1, 0.15) is 44.0 Å². The van der Waals surface area contributed by atoms with Crippen molar-refractivity contribution >= 4 is 34.2 Å². The Morgan fingerprint density at radius 2 is 1.79 bits per heavy atom. The van der Waals surface area contributed by atoms with Gasteiger partial charge in [-0.15, -0.1) is 11.3 Å². The first-order chi connectivity index (χ1) is 14.1. The molecule has 2 N–H and O–H groups in total. The number of carbonyl (C=O) groups excluding carboxylic acids is 3. The lowest BCUT2D eigenvalue weighted by Gasteiger charge is -2.18. The summed E-state index contributed by atoms with van der Waals surface area (Å²) < 4.78 is 15.5. The predicted octanol–water partition coefficient (Wildman–Crippen LogP) is 3.15. The first-order valence-corrected chi connectivity index (χ1v) is 10.1. The SMILES string of the molecule is COC(=O)NC(=O)c1c(NC(=O)c2ccc3c(c2)OCCO3)sc2c1CCCC2. The van der Waals surface area contributed by atoms with E-state index in [1.54, 1.807) is 18.2 Å². The van der Waals surface area contributed by atoms with E-state index in [9.17, 15) is 14.4 Å². The molecule has 0 spiro atoms. The number of hydrogen-bond acceptors (Lipinski definition) is 7. The molecule has 8 nitrogen and oxygen atoms in total. The van der Waals surface area contributed by atoms with Crippen LogP contribution in [0.4, 0.5) is 9.80 Å². The van der Waals surface area contributed by atoms with Gasteiger partial charge >= 0.3 is 6.09 Å². The summed E-state index contributed by atoms with van der Waals surface area (Å²) >= 11 is 1.38. The minimum atomic E-state index is -0.838. The number of methoxy groups -OCH3 is 1. The Morgan fingerprint density at radius 3 is 2.59 bits per heavy atom. The second-order valence-corrected chi connectivity index (χ2v) is 7.78. The van der Waals surface area contributed by atoms with Gasteiger partial charge in [-0.3, -0.25) is 14.9 Å². The first kappa shape index (κ1) is 19.3. The summed E-state index contributed by atoms with van der Waals surface area (Å²) in [5.74, 6) is 0.164. The Kier molecular flexibility index (Phi) is 5.39. The van der Waals surface area contributed by atoms with E-state index >= 15 is 0 Å². The lowest BCUT2D eigenvalue weighted by atomic mass is 9.95. The molecule has 3 amide bonds. The molecule has 0 bridgehead atoms. The zero-order valence-corrected chi connectivity index (χ0v) is 16.6. The van der Waals surface area contributed by atoms with Gasteiger partial charge in [-0.2, -0.15) is 0 Å². The van der Waals surface area contributed by atoms with Crippen LogP contribution in [0.25, 0.3) is 0 Å². The topological polar surface area (TPSA) is 103 Å². The molecule has 9 heteroatoms. The predicted molar refractivity (Wildman–Crippen MR) is 106 cm³/mol. The monoisotopic (exact) mass is 416 g/mol. The van der Waals surface area contributed by atoms with Crippen LogP contribution in [0, 0.1) is 0 Å². The third-order valence-electron chi connectivity index (χ3n) is 4.83. The van der Waals surface area contributed by atoms with Crippen molar-refractivity contribution in [1.82, 2.24) is 5.32 Å². The number of carbonyl (C=O) groups is 3. The highest BCUT2D eigenvalue weighted by molar-refractivity contribution is 7.17. The van der Waals surface area contributed by atoms with Gasteiger partial charge in [-0.05, 0) is 49.4 Å². The Bertz CT molecular complexity index is 984. The fraction of sp³-hybridized carbons (Fsp3) is 0.350. The fourth-order valence-corrected chi connectivity index (χ4v) is 4.74. The summed E-state index contributed by atoms with van der Waals surface area (Å²) in [6.45, 7) is 0.894. The molecular formula is C20H20N2O6S. The van der Waals surface area contributed by atoms with Crippen LogP contribution in [0.3, 0.4) is 0 Å². The summed E-state index contributed by atoms with van der Waals surface area (Å²) in [5.41, 5.74) is 1.61. The van der Waals surface area contributed by atoms with E-state index < -0.39 is 12.0 Å². The lowest BCUT2D eigenvalue weighted by molar-refractivity contribution is 0.0937. The summed E-state index contributed by atoms with van der Waals surface area (Å²) in [7, 11) is 1.19. The van der Waals surface area contributed by atoms with Crippen molar-refractivity contribution in [3.8, 4) is 11.5 Å². The van der Waals surface area contributed by atoms with Crippen LogP contribution in [-0.2, 0) is 17.6 Å². The number of hydrogen-bond donors (Lipinski definition) is 2. The highest BCUT2D eigenvalue weighted by Crippen LogP contribution is 2.39. The van der Waals surface area contributed by atoms with Gasteiger partial charge in [0.15, 0.2) is 11.5 Å². The Hall–Kier alpha value is -3.07. The Morgan fingerprint density at radius 1 is 1.03 bits per heavy atom. The summed E-state index contributed by atoms with van der Waals surface area (Å²) in [5, 5.41) is 5.46. The van der Waals surface area contributed by atoms with Gasteiger partial charge in [0.1, 0.15) is 18.2 Å². The van der Waals surface area contributed by atoms with E-state index in [1.165, 1.54) is 18.4 Å². The number of alkyl carbamates (subject to hydrolysis) is 1. The van der Waals surface area contributed by atoms with Gasteiger partial charge in [-0.25, -0.2) is 4.79 Å². The number of anilines is 1. The maximum absolute atomic E-state index is 12.8. The Balaban J connectivity index is 1.62. The minimum absolute atomic E-state index is 0.334. The van der Waals surface area contributed by atoms with Crippen molar-refractivity contribution < 1.29 is 28.6 Å². The largest absolute Gasteiger partial charge is 0.486 e. The molecule has 29 heavy (non-hydrogen) atoms. The van der Waals surface area contributed by atoms with E-state index in [4.69, 9.17) is 9.47 Å². The fourth-order valence-electron chi connectivity index (χ4n) is 3.46. The molecule has 2 aromatic rings. The van der Waals surface area contributed by atoms with Crippen LogP contribution in [0.5, 0.6) is 11.5 Å². The van der Waals surface area contributed by atoms with Crippen molar-refractivity contribution in [2.24, 2.45) is 0 Å². The summed E-state index contributed by atoms with van der Waals surface area (Å²) in [4.78, 5) is 38.1. The maximum Gasteiger partial charge on any atom is 0.413 e. The van der Waals surface area contributed by atoms with Gasteiger partial charge in [0.05, 0.1) is 12.7 Å². The van der Waals surface area contributed by atoms with Gasteiger partial charge in [0.25, 0.3) is 11.8 Å². The summed E-state index contributed by atoms with van der Waals surface area (Å²) in [6, 6.07) is 4.95. The molecule has 1 aliphatic heterocycles. The second kappa shape index (κ2) is 8.12. The number of aryl methyl sites for hydroxylation is 1. The lowest BCUT2D eigenvalue weighted by Crippen LogP contribution is -2.31. The average Bonchev–Trinajstić information content (AvgIpc) is 3.11. The zero-order chi connectivity index (χ0) is 20.4. The quantitative estimate of drug-likeness (QED) is 0.797. The molecule has 1 aromatic heterocycles. The van der Waals surface area contributed by atoms with Crippen LogP contribution in [-0.4, -0.2) is 38.2 Å². The van der Waals surface area contributed by atoms with Gasteiger partial charge in [0.2, 0.25) is 0 Å². The van der Waals surface area contributed by atoms with Crippen molar-refractivity contribution in [3.63, 3.8) is 0 Å². The van der Waals surface area contributed by atoms with E-state index in [0.717, 1.165) is 36.1 Å². The number of rotatable bonds is 3. The van der Waals surface area contributed by atoms with E-state index in [1.807, 2.05) is 0 Å². The first-order valence-electron chi connectivity index (χ1n) is 9.31. The van der Waals surface area contributed by atoms with Gasteiger partial charge in [0, 0.05) is 10.4 Å². The molecule has 0 saturated heterocycles. The molecule has 152 valence electrons. The highest BCUT2D eigenvalue weighted by atomic mass is 32.1. The van der Waals surface area contributed by atoms with Crippen molar-refractivity contribution in [2.45, 2.75) is 25.7 Å². The molecule has 0 radical (unpaired) electrons. The molecular weight excluding hydrogens is 396 g/mol. The smallest absolute Gasteiger partial charge is 0.413 e. The van der Waals surface area contributed by atoms with Gasteiger partial charge < -0.3 is 19.5 Å². The third-order valence-corrected chi connectivity index (χ3v) is 6.04. The molecule has 2 aliphatic rings. The van der Waals surface area contributed by atoms with E-state index in [2.05, 4.69) is 15.4 Å². The highest BCUT2D eigenvalue weighted by Gasteiger charge is 2.28. The number of ether oxygens (including phenoxy) is 3. The molecule has 1 aliphatic carbocycles. The van der Waals surface area contributed by atoms with Crippen LogP contribution >= 0.6 is 11.3 Å². The van der Waals surface area contributed by atoms with Crippen molar-refractivity contribution in [3.05, 3.63) is 39.8 Å². The molecule has 1 aromatic carbocycles. The van der Waals surface area contributed by atoms with E-state index in [-0.39, 0.29) is 5.91 Å². The number of fused-ring (bicyclic) bond motifs is 2. The van der Waals surface area contributed by atoms with Crippen LogP contribution in [0.15, 0.2) is 18.2 Å². The molecule has 4 rings (SSSR count). The average molecular weight is 416 g/mol. The number of imide groups is 1.